The molecule has 1 amide bonds. The molecule has 1 aliphatic carbocycles. The Bertz CT molecular complexity index is 347. The average molecular weight is 243 g/mol. The van der Waals surface area contributed by atoms with Gasteiger partial charge in [0, 0.05) is 5.25 Å². The normalized spacial score (nSPS) is 17.9. The summed E-state index contributed by atoms with van der Waals surface area (Å²) in [6.07, 6.45) is 6.45. The van der Waals surface area contributed by atoms with Crippen LogP contribution in [0.25, 0.3) is 0 Å². The highest BCUT2D eigenvalue weighted by atomic mass is 32.2. The van der Waals surface area contributed by atoms with Crippen molar-refractivity contribution in [3.05, 3.63) is 5.01 Å². The summed E-state index contributed by atoms with van der Waals surface area (Å²) < 4.78 is 0.871. The Morgan fingerprint density at radius 2 is 2.07 bits per heavy atom. The number of thioether (sulfide) groups is 1. The number of nitrogens with two attached hydrogens (primary N) is 1. The maximum Gasteiger partial charge on any atom is 0.279 e. The van der Waals surface area contributed by atoms with Crippen LogP contribution >= 0.6 is 23.1 Å². The predicted octanol–water partition coefficient (Wildman–Crippen LogP) is 2.06. The SMILES string of the molecule is NC(=O)c1nnc(SC2CCCCC2)s1. The lowest BCUT2D eigenvalue weighted by Crippen LogP contribution is -2.10. The monoisotopic (exact) mass is 243 g/mol. The molecule has 1 fully saturated rings. The highest BCUT2D eigenvalue weighted by molar-refractivity contribution is 8.01. The van der Waals surface area contributed by atoms with Crippen molar-refractivity contribution in [2.24, 2.45) is 5.73 Å². The smallest absolute Gasteiger partial charge is 0.279 e. The zero-order valence-corrected chi connectivity index (χ0v) is 9.94. The summed E-state index contributed by atoms with van der Waals surface area (Å²) in [5.41, 5.74) is 5.12. The fourth-order valence-electron chi connectivity index (χ4n) is 1.68. The fourth-order valence-corrected chi connectivity index (χ4v) is 3.89. The van der Waals surface area contributed by atoms with Gasteiger partial charge in [-0.2, -0.15) is 0 Å². The van der Waals surface area contributed by atoms with E-state index in [0.29, 0.717) is 10.3 Å². The Balaban J connectivity index is 1.94. The number of aromatic nitrogens is 2. The Labute approximate surface area is 96.7 Å². The number of rotatable bonds is 3. The van der Waals surface area contributed by atoms with Crippen LogP contribution in [0.5, 0.6) is 0 Å². The van der Waals surface area contributed by atoms with E-state index < -0.39 is 5.91 Å². The standard InChI is InChI=1S/C9H13N3OS2/c10-7(13)8-11-12-9(15-8)14-6-4-2-1-3-5-6/h6H,1-5H2,(H2,10,13). The van der Waals surface area contributed by atoms with Gasteiger partial charge in [-0.15, -0.1) is 10.2 Å². The number of hydrogen-bond donors (Lipinski definition) is 1. The molecule has 1 aliphatic rings. The van der Waals surface area contributed by atoms with Gasteiger partial charge < -0.3 is 5.73 Å². The van der Waals surface area contributed by atoms with Crippen LogP contribution in [0.3, 0.4) is 0 Å². The summed E-state index contributed by atoms with van der Waals surface area (Å²) in [7, 11) is 0. The fraction of sp³-hybridized carbons (Fsp3) is 0.667. The molecule has 1 aromatic rings. The topological polar surface area (TPSA) is 68.9 Å². The second-order valence-corrected chi connectivity index (χ2v) is 6.14. The van der Waals surface area contributed by atoms with Crippen LogP contribution in [0.2, 0.25) is 0 Å². The number of carbonyl (C=O) groups is 1. The van der Waals surface area contributed by atoms with Crippen molar-refractivity contribution in [1.82, 2.24) is 10.2 Å². The zero-order chi connectivity index (χ0) is 10.7. The molecule has 4 nitrogen and oxygen atoms in total. The van der Waals surface area contributed by atoms with E-state index in [0.717, 1.165) is 4.34 Å². The molecule has 0 atom stereocenters. The van der Waals surface area contributed by atoms with E-state index in [2.05, 4.69) is 10.2 Å². The van der Waals surface area contributed by atoms with E-state index in [4.69, 9.17) is 5.73 Å². The molecule has 15 heavy (non-hydrogen) atoms. The van der Waals surface area contributed by atoms with E-state index >= 15 is 0 Å². The van der Waals surface area contributed by atoms with Gasteiger partial charge in [0.05, 0.1) is 0 Å². The summed E-state index contributed by atoms with van der Waals surface area (Å²) in [4.78, 5) is 10.8. The number of primary amides is 1. The maximum absolute atomic E-state index is 10.8. The number of amides is 1. The Morgan fingerprint density at radius 3 is 2.67 bits per heavy atom. The van der Waals surface area contributed by atoms with Crippen molar-refractivity contribution in [3.63, 3.8) is 0 Å². The minimum absolute atomic E-state index is 0.313. The van der Waals surface area contributed by atoms with E-state index in [-0.39, 0.29) is 0 Å². The third kappa shape index (κ3) is 2.92. The molecule has 0 unspecified atom stereocenters. The number of carbonyl (C=O) groups excluding carboxylic acids is 1. The van der Waals surface area contributed by atoms with Crippen molar-refractivity contribution in [2.45, 2.75) is 41.7 Å². The molecular formula is C9H13N3OS2. The first kappa shape index (κ1) is 10.9. The van der Waals surface area contributed by atoms with Crippen molar-refractivity contribution in [1.29, 1.82) is 0 Å². The molecule has 1 aromatic heterocycles. The molecule has 0 saturated heterocycles. The van der Waals surface area contributed by atoms with Crippen molar-refractivity contribution >= 4 is 29.0 Å². The second-order valence-electron chi connectivity index (χ2n) is 3.62. The van der Waals surface area contributed by atoms with Gasteiger partial charge in [-0.25, -0.2) is 0 Å². The first-order valence-electron chi connectivity index (χ1n) is 5.05. The minimum Gasteiger partial charge on any atom is -0.363 e. The predicted molar refractivity (Wildman–Crippen MR) is 61.2 cm³/mol. The van der Waals surface area contributed by atoms with E-state index in [1.807, 2.05) is 0 Å². The maximum atomic E-state index is 10.8. The second kappa shape index (κ2) is 4.94. The highest BCUT2D eigenvalue weighted by Crippen LogP contribution is 2.34. The largest absolute Gasteiger partial charge is 0.363 e. The average Bonchev–Trinajstić information content (AvgIpc) is 2.68. The van der Waals surface area contributed by atoms with Gasteiger partial charge in [-0.1, -0.05) is 42.4 Å². The molecule has 0 aliphatic heterocycles. The summed E-state index contributed by atoms with van der Waals surface area (Å²) in [5.74, 6) is -0.483. The van der Waals surface area contributed by atoms with Crippen LogP contribution in [0.15, 0.2) is 4.34 Å². The molecule has 0 radical (unpaired) electrons. The number of hydrogen-bond acceptors (Lipinski definition) is 5. The van der Waals surface area contributed by atoms with Crippen LogP contribution in [-0.4, -0.2) is 21.4 Å². The Hall–Kier alpha value is -0.620. The molecule has 6 heteroatoms. The zero-order valence-electron chi connectivity index (χ0n) is 8.31. The van der Waals surface area contributed by atoms with Crippen molar-refractivity contribution in [2.75, 3.05) is 0 Å². The first-order chi connectivity index (χ1) is 7.25. The van der Waals surface area contributed by atoms with Gasteiger partial charge in [-0.05, 0) is 12.8 Å². The first-order valence-corrected chi connectivity index (χ1v) is 6.75. The molecule has 82 valence electrons. The summed E-state index contributed by atoms with van der Waals surface area (Å²) >= 11 is 3.04. The van der Waals surface area contributed by atoms with Crippen molar-refractivity contribution in [3.8, 4) is 0 Å². The molecule has 1 heterocycles. The lowest BCUT2D eigenvalue weighted by molar-refractivity contribution is 0.0999. The van der Waals surface area contributed by atoms with Gasteiger partial charge in [0.1, 0.15) is 0 Å². The number of nitrogens with zero attached hydrogens (tertiary/aromatic N) is 2. The molecule has 0 aromatic carbocycles. The Kier molecular flexibility index (Phi) is 3.58. The molecule has 0 spiro atoms. The molecule has 2 rings (SSSR count). The highest BCUT2D eigenvalue weighted by Gasteiger charge is 2.17. The molecule has 2 N–H and O–H groups in total. The summed E-state index contributed by atoms with van der Waals surface area (Å²) in [6.45, 7) is 0. The molecular weight excluding hydrogens is 230 g/mol. The van der Waals surface area contributed by atoms with E-state index in [1.54, 1.807) is 11.8 Å². The molecule has 0 bridgehead atoms. The quantitative estimate of drug-likeness (QED) is 0.882. The third-order valence-electron chi connectivity index (χ3n) is 2.44. The third-order valence-corrected chi connectivity index (χ3v) is 4.80. The van der Waals surface area contributed by atoms with Gasteiger partial charge >= 0.3 is 0 Å². The summed E-state index contributed by atoms with van der Waals surface area (Å²) in [6, 6.07) is 0. The van der Waals surface area contributed by atoms with Crippen LogP contribution in [-0.2, 0) is 0 Å². The summed E-state index contributed by atoms with van der Waals surface area (Å²) in [5, 5.41) is 8.68. The van der Waals surface area contributed by atoms with Crippen LogP contribution in [0.4, 0.5) is 0 Å². The lowest BCUT2D eigenvalue weighted by atomic mass is 10.0. The van der Waals surface area contributed by atoms with Gasteiger partial charge in [-0.3, -0.25) is 4.79 Å². The van der Waals surface area contributed by atoms with E-state index in [9.17, 15) is 4.79 Å². The van der Waals surface area contributed by atoms with Crippen LogP contribution < -0.4 is 5.73 Å². The Morgan fingerprint density at radius 1 is 1.33 bits per heavy atom. The van der Waals surface area contributed by atoms with Crippen LogP contribution in [0, 0.1) is 0 Å². The lowest BCUT2D eigenvalue weighted by Gasteiger charge is -2.19. The van der Waals surface area contributed by atoms with Crippen molar-refractivity contribution < 1.29 is 4.79 Å². The van der Waals surface area contributed by atoms with Crippen LogP contribution in [0.1, 0.15) is 41.9 Å². The van der Waals surface area contributed by atoms with E-state index in [1.165, 1.54) is 43.4 Å². The van der Waals surface area contributed by atoms with Gasteiger partial charge in [0.2, 0.25) is 5.01 Å². The minimum atomic E-state index is -0.483. The van der Waals surface area contributed by atoms with Gasteiger partial charge in [0.15, 0.2) is 4.34 Å². The molecule has 1 saturated carbocycles. The van der Waals surface area contributed by atoms with Gasteiger partial charge in [0.25, 0.3) is 5.91 Å².